The maximum Gasteiger partial charge on any atom is 0.355 e. The van der Waals surface area contributed by atoms with Gasteiger partial charge >= 0.3 is 5.97 Å². The molecule has 1 heterocycles. The summed E-state index contributed by atoms with van der Waals surface area (Å²) < 4.78 is 7.13. The van der Waals surface area contributed by atoms with E-state index in [4.69, 9.17) is 10.5 Å². The average molecular weight is 208 g/mol. The van der Waals surface area contributed by atoms with Crippen molar-refractivity contribution >= 4 is 11.7 Å². The molecule has 0 spiro atoms. The number of rotatable bonds is 3. The molecule has 4 nitrogen and oxygen atoms in total. The molecule has 1 fully saturated rings. The molecule has 0 atom stereocenters. The highest BCUT2D eigenvalue weighted by molar-refractivity contribution is 5.89. The summed E-state index contributed by atoms with van der Waals surface area (Å²) in [5, 5.41) is 0. The molecule has 0 amide bonds. The van der Waals surface area contributed by atoms with E-state index < -0.39 is 0 Å². The summed E-state index contributed by atoms with van der Waals surface area (Å²) in [6.07, 6.45) is 5.04. The van der Waals surface area contributed by atoms with Crippen LogP contribution in [0.15, 0.2) is 12.3 Å². The van der Waals surface area contributed by atoms with Gasteiger partial charge in [-0.25, -0.2) is 4.79 Å². The summed E-state index contributed by atoms with van der Waals surface area (Å²) in [7, 11) is 0. The quantitative estimate of drug-likeness (QED) is 0.770. The zero-order valence-corrected chi connectivity index (χ0v) is 8.90. The predicted octanol–water partition coefficient (Wildman–Crippen LogP) is 1.80. The Morgan fingerprint density at radius 3 is 2.93 bits per heavy atom. The molecule has 2 N–H and O–H groups in total. The van der Waals surface area contributed by atoms with Crippen LogP contribution in [0.4, 0.5) is 5.69 Å². The Hall–Kier alpha value is -1.45. The molecule has 4 heteroatoms. The van der Waals surface area contributed by atoms with Gasteiger partial charge < -0.3 is 15.0 Å². The largest absolute Gasteiger partial charge is 0.458 e. The molecule has 1 aliphatic carbocycles. The number of hydrogen-bond donors (Lipinski definition) is 1. The maximum absolute atomic E-state index is 11.7. The number of aryl methyl sites for hydroxylation is 1. The standard InChI is InChI=1S/C11H16N2O2/c1-2-13-7-8(12)6-10(13)11(14)15-9-4-3-5-9/h6-7,9H,2-5,12H2,1H3. The second-order valence-electron chi connectivity index (χ2n) is 3.90. The number of carbonyl (C=O) groups is 1. The van der Waals surface area contributed by atoms with Crippen molar-refractivity contribution in [2.75, 3.05) is 5.73 Å². The lowest BCUT2D eigenvalue weighted by atomic mass is 9.96. The Morgan fingerprint density at radius 2 is 2.40 bits per heavy atom. The number of nitrogens with two attached hydrogens (primary N) is 1. The van der Waals surface area contributed by atoms with E-state index in [2.05, 4.69) is 0 Å². The van der Waals surface area contributed by atoms with Crippen LogP contribution in [0.3, 0.4) is 0 Å². The van der Waals surface area contributed by atoms with Gasteiger partial charge in [0.25, 0.3) is 0 Å². The van der Waals surface area contributed by atoms with Gasteiger partial charge in [0.15, 0.2) is 0 Å². The van der Waals surface area contributed by atoms with Gasteiger partial charge in [0, 0.05) is 12.7 Å². The molecule has 1 saturated carbocycles. The van der Waals surface area contributed by atoms with Crippen LogP contribution in [0.1, 0.15) is 36.7 Å². The highest BCUT2D eigenvalue weighted by atomic mass is 16.5. The minimum atomic E-state index is -0.252. The second-order valence-corrected chi connectivity index (χ2v) is 3.90. The van der Waals surface area contributed by atoms with Gasteiger partial charge in [0.05, 0.1) is 5.69 Å². The van der Waals surface area contributed by atoms with Gasteiger partial charge in [0.2, 0.25) is 0 Å². The predicted molar refractivity (Wildman–Crippen MR) is 57.6 cm³/mol. The van der Waals surface area contributed by atoms with Crippen molar-refractivity contribution < 1.29 is 9.53 Å². The Kier molecular flexibility index (Phi) is 2.66. The smallest absolute Gasteiger partial charge is 0.355 e. The third-order valence-electron chi connectivity index (χ3n) is 2.79. The number of ether oxygens (including phenoxy) is 1. The van der Waals surface area contributed by atoms with Crippen LogP contribution < -0.4 is 5.73 Å². The molecule has 0 unspecified atom stereocenters. The number of aromatic nitrogens is 1. The summed E-state index contributed by atoms with van der Waals surface area (Å²) in [5.74, 6) is -0.252. The molecular weight excluding hydrogens is 192 g/mol. The molecule has 0 radical (unpaired) electrons. The summed E-state index contributed by atoms with van der Waals surface area (Å²) in [4.78, 5) is 11.7. The number of nitrogens with zero attached hydrogens (tertiary/aromatic N) is 1. The molecule has 0 aliphatic heterocycles. The lowest BCUT2D eigenvalue weighted by molar-refractivity contribution is 0.00789. The first kappa shape index (κ1) is 10.1. The molecule has 2 rings (SSSR count). The molecular formula is C11H16N2O2. The van der Waals surface area contributed by atoms with Crippen molar-refractivity contribution in [1.29, 1.82) is 0 Å². The molecule has 0 aromatic carbocycles. The topological polar surface area (TPSA) is 57.2 Å². The Labute approximate surface area is 89.0 Å². The van der Waals surface area contributed by atoms with Crippen LogP contribution in [0.2, 0.25) is 0 Å². The van der Waals surface area contributed by atoms with Crippen molar-refractivity contribution in [3.05, 3.63) is 18.0 Å². The number of hydrogen-bond acceptors (Lipinski definition) is 3. The van der Waals surface area contributed by atoms with Crippen LogP contribution in [0, 0.1) is 0 Å². The molecule has 0 saturated heterocycles. The highest BCUT2D eigenvalue weighted by Gasteiger charge is 2.23. The van der Waals surface area contributed by atoms with E-state index in [0.29, 0.717) is 11.4 Å². The molecule has 1 aliphatic rings. The first-order chi connectivity index (χ1) is 7.20. The number of esters is 1. The van der Waals surface area contributed by atoms with Crippen molar-refractivity contribution in [3.63, 3.8) is 0 Å². The van der Waals surface area contributed by atoms with Gasteiger partial charge in [-0.05, 0) is 32.3 Å². The molecule has 82 valence electrons. The first-order valence-electron chi connectivity index (χ1n) is 5.37. The fraction of sp³-hybridized carbons (Fsp3) is 0.545. The third kappa shape index (κ3) is 1.98. The normalized spacial score (nSPS) is 16.1. The van der Waals surface area contributed by atoms with Crippen LogP contribution >= 0.6 is 0 Å². The van der Waals surface area contributed by atoms with E-state index in [0.717, 1.165) is 25.8 Å². The summed E-state index contributed by atoms with van der Waals surface area (Å²) in [5.41, 5.74) is 6.81. The Balaban J connectivity index is 2.09. The summed E-state index contributed by atoms with van der Waals surface area (Å²) in [6, 6.07) is 1.67. The highest BCUT2D eigenvalue weighted by Crippen LogP contribution is 2.23. The number of nitrogen functional groups attached to an aromatic ring is 1. The molecule has 1 aromatic rings. The van der Waals surface area contributed by atoms with E-state index in [1.807, 2.05) is 11.5 Å². The van der Waals surface area contributed by atoms with E-state index in [9.17, 15) is 4.79 Å². The molecule has 1 aromatic heterocycles. The van der Waals surface area contributed by atoms with Crippen LogP contribution in [0.5, 0.6) is 0 Å². The van der Waals surface area contributed by atoms with Crippen LogP contribution in [-0.4, -0.2) is 16.6 Å². The van der Waals surface area contributed by atoms with E-state index in [1.165, 1.54) is 0 Å². The fourth-order valence-electron chi connectivity index (χ4n) is 1.67. The minimum absolute atomic E-state index is 0.124. The van der Waals surface area contributed by atoms with Crippen molar-refractivity contribution in [1.82, 2.24) is 4.57 Å². The van der Waals surface area contributed by atoms with E-state index in [1.54, 1.807) is 12.3 Å². The lowest BCUT2D eigenvalue weighted by Gasteiger charge is -2.25. The molecule has 0 bridgehead atoms. The first-order valence-corrected chi connectivity index (χ1v) is 5.37. The minimum Gasteiger partial charge on any atom is -0.458 e. The number of carbonyl (C=O) groups excluding carboxylic acids is 1. The monoisotopic (exact) mass is 208 g/mol. The van der Waals surface area contributed by atoms with E-state index >= 15 is 0 Å². The van der Waals surface area contributed by atoms with Gasteiger partial charge in [-0.2, -0.15) is 0 Å². The number of anilines is 1. The average Bonchev–Trinajstić information content (AvgIpc) is 2.53. The van der Waals surface area contributed by atoms with Crippen molar-refractivity contribution in [2.45, 2.75) is 38.8 Å². The van der Waals surface area contributed by atoms with Crippen LogP contribution in [-0.2, 0) is 11.3 Å². The van der Waals surface area contributed by atoms with Gasteiger partial charge in [0.1, 0.15) is 11.8 Å². The zero-order chi connectivity index (χ0) is 10.8. The fourth-order valence-corrected chi connectivity index (χ4v) is 1.67. The Bertz CT molecular complexity index is 367. The molecule has 15 heavy (non-hydrogen) atoms. The van der Waals surface area contributed by atoms with Gasteiger partial charge in [-0.1, -0.05) is 0 Å². The Morgan fingerprint density at radius 1 is 1.67 bits per heavy atom. The lowest BCUT2D eigenvalue weighted by Crippen LogP contribution is -2.26. The van der Waals surface area contributed by atoms with Gasteiger partial charge in [-0.3, -0.25) is 0 Å². The van der Waals surface area contributed by atoms with E-state index in [-0.39, 0.29) is 12.1 Å². The SMILES string of the molecule is CCn1cc(N)cc1C(=O)OC1CCC1. The second kappa shape index (κ2) is 3.96. The maximum atomic E-state index is 11.7. The zero-order valence-electron chi connectivity index (χ0n) is 8.90. The van der Waals surface area contributed by atoms with Crippen molar-refractivity contribution in [2.24, 2.45) is 0 Å². The van der Waals surface area contributed by atoms with Crippen LogP contribution in [0.25, 0.3) is 0 Å². The summed E-state index contributed by atoms with van der Waals surface area (Å²) >= 11 is 0. The van der Waals surface area contributed by atoms with Gasteiger partial charge in [-0.15, -0.1) is 0 Å². The van der Waals surface area contributed by atoms with Crippen molar-refractivity contribution in [3.8, 4) is 0 Å². The summed E-state index contributed by atoms with van der Waals surface area (Å²) in [6.45, 7) is 2.70. The third-order valence-corrected chi connectivity index (χ3v) is 2.79.